The molecule has 1 N–H and O–H groups in total. The standard InChI is InChI=1S/C13H16N2O3/c1-8-14-10-9(11(16)15-8)6-13(7-12(10,2)3)17-4-5-18-13/h4-5H,6-7H2,1-3H3,(H,14,15,16). The second kappa shape index (κ2) is 3.37. The molecule has 0 radical (unpaired) electrons. The second-order valence-corrected chi connectivity index (χ2v) is 5.63. The number of nitrogens with one attached hydrogen (secondary N) is 1. The summed E-state index contributed by atoms with van der Waals surface area (Å²) in [5.74, 6) is -0.0883. The van der Waals surface area contributed by atoms with Crippen LogP contribution in [-0.2, 0) is 21.3 Å². The smallest absolute Gasteiger partial charge is 0.254 e. The van der Waals surface area contributed by atoms with Gasteiger partial charge in [0.15, 0.2) is 0 Å². The van der Waals surface area contributed by atoms with Crippen LogP contribution < -0.4 is 5.56 Å². The molecule has 0 aromatic carbocycles. The molecule has 5 nitrogen and oxygen atoms in total. The summed E-state index contributed by atoms with van der Waals surface area (Å²) in [4.78, 5) is 19.3. The van der Waals surface area contributed by atoms with Gasteiger partial charge in [0.2, 0.25) is 0 Å². The zero-order valence-corrected chi connectivity index (χ0v) is 10.7. The number of aryl methyl sites for hydroxylation is 1. The van der Waals surface area contributed by atoms with Crippen molar-refractivity contribution in [2.24, 2.45) is 0 Å². The van der Waals surface area contributed by atoms with Gasteiger partial charge in [0.05, 0.1) is 12.1 Å². The average molecular weight is 248 g/mol. The van der Waals surface area contributed by atoms with E-state index in [2.05, 4.69) is 23.8 Å². The van der Waals surface area contributed by atoms with Gasteiger partial charge in [-0.2, -0.15) is 0 Å². The lowest BCUT2D eigenvalue weighted by molar-refractivity contribution is -0.161. The molecule has 0 unspecified atom stereocenters. The van der Waals surface area contributed by atoms with E-state index in [1.807, 2.05) is 0 Å². The molecule has 1 aliphatic carbocycles. The van der Waals surface area contributed by atoms with Gasteiger partial charge < -0.3 is 14.5 Å². The van der Waals surface area contributed by atoms with Crippen LogP contribution in [0.4, 0.5) is 0 Å². The number of nitrogens with zero attached hydrogens (tertiary/aromatic N) is 1. The van der Waals surface area contributed by atoms with E-state index in [0.717, 1.165) is 5.69 Å². The highest BCUT2D eigenvalue weighted by Gasteiger charge is 2.49. The number of H-pyrrole nitrogens is 1. The summed E-state index contributed by atoms with van der Waals surface area (Å²) >= 11 is 0. The first-order valence-corrected chi connectivity index (χ1v) is 6.03. The van der Waals surface area contributed by atoms with Gasteiger partial charge in [-0.15, -0.1) is 0 Å². The van der Waals surface area contributed by atoms with Gasteiger partial charge in [0, 0.05) is 17.4 Å². The first kappa shape index (κ1) is 11.3. The molecule has 0 amide bonds. The van der Waals surface area contributed by atoms with Crippen LogP contribution in [0.5, 0.6) is 0 Å². The lowest BCUT2D eigenvalue weighted by Gasteiger charge is -2.40. The van der Waals surface area contributed by atoms with Crippen molar-refractivity contribution in [2.75, 3.05) is 0 Å². The highest BCUT2D eigenvalue weighted by atomic mass is 16.7. The second-order valence-electron chi connectivity index (χ2n) is 5.63. The number of aromatic amines is 1. The summed E-state index contributed by atoms with van der Waals surface area (Å²) in [6.45, 7) is 5.92. The zero-order valence-electron chi connectivity index (χ0n) is 10.7. The summed E-state index contributed by atoms with van der Waals surface area (Å²) in [5, 5.41) is 0. The summed E-state index contributed by atoms with van der Waals surface area (Å²) in [7, 11) is 0. The average Bonchev–Trinajstić information content (AvgIpc) is 2.68. The maximum atomic E-state index is 12.1. The molecule has 0 saturated carbocycles. The number of fused-ring (bicyclic) bond motifs is 1. The molecule has 2 heterocycles. The number of ether oxygens (including phenoxy) is 2. The van der Waals surface area contributed by atoms with Crippen LogP contribution in [-0.4, -0.2) is 15.8 Å². The third-order valence-corrected chi connectivity index (χ3v) is 3.55. The Labute approximate surface area is 105 Å². The van der Waals surface area contributed by atoms with Gasteiger partial charge >= 0.3 is 0 Å². The Morgan fingerprint density at radius 1 is 1.33 bits per heavy atom. The third kappa shape index (κ3) is 1.54. The van der Waals surface area contributed by atoms with Crippen molar-refractivity contribution in [2.45, 2.75) is 44.8 Å². The maximum absolute atomic E-state index is 12.1. The lowest BCUT2D eigenvalue weighted by atomic mass is 9.73. The molecule has 0 fully saturated rings. The first-order chi connectivity index (χ1) is 8.42. The fourth-order valence-electron chi connectivity index (χ4n) is 2.92. The summed E-state index contributed by atoms with van der Waals surface area (Å²) in [6.07, 6.45) is 4.19. The summed E-state index contributed by atoms with van der Waals surface area (Å²) < 4.78 is 11.2. The Morgan fingerprint density at radius 3 is 2.67 bits per heavy atom. The largest absolute Gasteiger partial charge is 0.456 e. The number of hydrogen-bond acceptors (Lipinski definition) is 4. The van der Waals surface area contributed by atoms with Gasteiger partial charge in [0.1, 0.15) is 18.3 Å². The monoisotopic (exact) mass is 248 g/mol. The van der Waals surface area contributed by atoms with Gasteiger partial charge in [-0.3, -0.25) is 4.79 Å². The zero-order chi connectivity index (χ0) is 13.0. The molecule has 2 aliphatic rings. The maximum Gasteiger partial charge on any atom is 0.254 e. The van der Waals surface area contributed by atoms with Gasteiger partial charge in [0.25, 0.3) is 11.3 Å². The van der Waals surface area contributed by atoms with Crippen molar-refractivity contribution < 1.29 is 9.47 Å². The van der Waals surface area contributed by atoms with Crippen molar-refractivity contribution in [3.05, 3.63) is 40.0 Å². The topological polar surface area (TPSA) is 64.2 Å². The Balaban J connectivity index is 2.16. The van der Waals surface area contributed by atoms with E-state index >= 15 is 0 Å². The van der Waals surface area contributed by atoms with E-state index in [1.165, 1.54) is 12.5 Å². The Hall–Kier alpha value is -1.78. The lowest BCUT2D eigenvalue weighted by Crippen LogP contribution is -2.47. The van der Waals surface area contributed by atoms with Crippen LogP contribution in [0.1, 0.15) is 37.4 Å². The molecule has 1 aromatic rings. The van der Waals surface area contributed by atoms with Crippen LogP contribution in [0.15, 0.2) is 17.3 Å². The predicted molar refractivity (Wildman–Crippen MR) is 65.0 cm³/mol. The van der Waals surface area contributed by atoms with Crippen molar-refractivity contribution in [3.63, 3.8) is 0 Å². The van der Waals surface area contributed by atoms with E-state index in [9.17, 15) is 4.79 Å². The number of aromatic nitrogens is 2. The van der Waals surface area contributed by atoms with Crippen LogP contribution in [0.3, 0.4) is 0 Å². The SMILES string of the molecule is Cc1nc2c(c(=O)[nH]1)CC1(CC2(C)C)OC=CO1. The molecule has 1 spiro atoms. The van der Waals surface area contributed by atoms with Crippen LogP contribution in [0, 0.1) is 6.92 Å². The highest BCUT2D eigenvalue weighted by molar-refractivity contribution is 5.31. The van der Waals surface area contributed by atoms with E-state index in [4.69, 9.17) is 9.47 Å². The van der Waals surface area contributed by atoms with Gasteiger partial charge in [-0.05, 0) is 6.92 Å². The summed E-state index contributed by atoms with van der Waals surface area (Å²) in [6, 6.07) is 0. The molecule has 18 heavy (non-hydrogen) atoms. The minimum Gasteiger partial charge on any atom is -0.456 e. The quantitative estimate of drug-likeness (QED) is 0.756. The van der Waals surface area contributed by atoms with E-state index in [1.54, 1.807) is 6.92 Å². The molecule has 96 valence electrons. The minimum absolute atomic E-state index is 0.0937. The van der Waals surface area contributed by atoms with Crippen LogP contribution in [0.25, 0.3) is 0 Å². The minimum atomic E-state index is -0.736. The molecular formula is C13H16N2O3. The van der Waals surface area contributed by atoms with Crippen LogP contribution >= 0.6 is 0 Å². The van der Waals surface area contributed by atoms with Crippen molar-refractivity contribution >= 4 is 0 Å². The Morgan fingerprint density at radius 2 is 2.00 bits per heavy atom. The van der Waals surface area contributed by atoms with E-state index in [-0.39, 0.29) is 11.0 Å². The Bertz CT molecular complexity index is 578. The molecule has 0 saturated heterocycles. The molecule has 5 heteroatoms. The highest BCUT2D eigenvalue weighted by Crippen LogP contribution is 2.43. The van der Waals surface area contributed by atoms with Gasteiger partial charge in [-0.25, -0.2) is 4.98 Å². The van der Waals surface area contributed by atoms with E-state index in [0.29, 0.717) is 24.2 Å². The van der Waals surface area contributed by atoms with Crippen molar-refractivity contribution in [1.82, 2.24) is 9.97 Å². The molecule has 1 aliphatic heterocycles. The van der Waals surface area contributed by atoms with Crippen molar-refractivity contribution in [3.8, 4) is 0 Å². The third-order valence-electron chi connectivity index (χ3n) is 3.55. The molecule has 1 aromatic heterocycles. The van der Waals surface area contributed by atoms with Crippen LogP contribution in [0.2, 0.25) is 0 Å². The Kier molecular flexibility index (Phi) is 2.12. The molecular weight excluding hydrogens is 232 g/mol. The van der Waals surface area contributed by atoms with Gasteiger partial charge in [-0.1, -0.05) is 13.8 Å². The van der Waals surface area contributed by atoms with E-state index < -0.39 is 5.79 Å². The molecule has 0 atom stereocenters. The fourth-order valence-corrected chi connectivity index (χ4v) is 2.92. The van der Waals surface area contributed by atoms with Crippen molar-refractivity contribution in [1.29, 1.82) is 0 Å². The predicted octanol–water partition coefficient (Wildman–Crippen LogP) is 1.52. The summed E-state index contributed by atoms with van der Waals surface area (Å²) in [5.41, 5.74) is 1.18. The molecule has 0 bridgehead atoms. The molecule has 3 rings (SSSR count). The normalized spacial score (nSPS) is 22.4. The number of rotatable bonds is 0. The first-order valence-electron chi connectivity index (χ1n) is 6.03. The fraction of sp³-hybridized carbons (Fsp3) is 0.538. The number of hydrogen-bond donors (Lipinski definition) is 1.